The summed E-state index contributed by atoms with van der Waals surface area (Å²) in [4.78, 5) is 13.0. The third-order valence-electron chi connectivity index (χ3n) is 5.20. The molecule has 1 atom stereocenters. The molecule has 3 aromatic rings. The fourth-order valence-electron chi connectivity index (χ4n) is 4.06. The average Bonchev–Trinajstić information content (AvgIpc) is 2.74. The van der Waals surface area contributed by atoms with Gasteiger partial charge >= 0.3 is 6.09 Å². The number of alkyl carbamates (subject to hydrolysis) is 1. The van der Waals surface area contributed by atoms with Crippen molar-refractivity contribution in [3.05, 3.63) is 91.0 Å². The molecule has 3 nitrogen and oxygen atoms in total. The second-order valence-electron chi connectivity index (χ2n) is 9.06. The van der Waals surface area contributed by atoms with E-state index < -0.39 is 12.9 Å². The van der Waals surface area contributed by atoms with Crippen LogP contribution in [0.4, 0.5) is 4.79 Å². The van der Waals surface area contributed by atoms with E-state index >= 15 is 0 Å². The van der Waals surface area contributed by atoms with Gasteiger partial charge < -0.3 is 4.74 Å². The van der Waals surface area contributed by atoms with Gasteiger partial charge in [0.25, 0.3) is 0 Å². The zero-order valence-electron chi connectivity index (χ0n) is 19.1. The quantitative estimate of drug-likeness (QED) is 0.521. The molecular formula is C27H33NO2P+. The number of benzene rings is 3. The molecule has 0 heterocycles. The minimum Gasteiger partial charge on any atom is -0.444 e. The predicted octanol–water partition coefficient (Wildman–Crippen LogP) is 5.49. The normalized spacial score (nSPS) is 13.0. The standard InChI is InChI=1S/C27H32NO2P/c1-21(2)25(28-26(29)30-27(3,4)5)31(22-15-9-6-10-16-22,23-17-11-7-12-18-23)24-19-13-8-14-20-24/h6-21,25H,1-5H3/p+1/t25-/m0/s1. The number of hydrogen-bond donors (Lipinski definition) is 1. The van der Waals surface area contributed by atoms with Crippen LogP contribution in [0.15, 0.2) is 91.0 Å². The van der Waals surface area contributed by atoms with Crippen molar-refractivity contribution in [2.45, 2.75) is 46.0 Å². The van der Waals surface area contributed by atoms with Crippen LogP contribution >= 0.6 is 7.26 Å². The summed E-state index contributed by atoms with van der Waals surface area (Å²) in [5.74, 6) is 0.0519. The summed E-state index contributed by atoms with van der Waals surface area (Å²) >= 11 is 0. The Hall–Kier alpha value is -2.64. The minimum atomic E-state index is -2.25. The van der Waals surface area contributed by atoms with Crippen LogP contribution in [0.25, 0.3) is 0 Å². The van der Waals surface area contributed by atoms with Crippen molar-refractivity contribution in [2.75, 3.05) is 0 Å². The number of nitrogens with one attached hydrogen (secondary N) is 1. The summed E-state index contributed by atoms with van der Waals surface area (Å²) in [7, 11) is -2.25. The third-order valence-corrected chi connectivity index (χ3v) is 10.1. The van der Waals surface area contributed by atoms with Crippen LogP contribution in [0.3, 0.4) is 0 Å². The second kappa shape index (κ2) is 9.66. The average molecular weight is 435 g/mol. The van der Waals surface area contributed by atoms with E-state index in [9.17, 15) is 4.79 Å². The molecule has 31 heavy (non-hydrogen) atoms. The van der Waals surface area contributed by atoms with Crippen LogP contribution in [-0.4, -0.2) is 17.5 Å². The monoisotopic (exact) mass is 434 g/mol. The summed E-state index contributed by atoms with van der Waals surface area (Å²) in [5, 5.41) is 7.01. The lowest BCUT2D eigenvalue weighted by molar-refractivity contribution is 0.0512. The van der Waals surface area contributed by atoms with Gasteiger partial charge in [0.2, 0.25) is 0 Å². The lowest BCUT2D eigenvalue weighted by Crippen LogP contribution is -2.51. The first-order valence-electron chi connectivity index (χ1n) is 10.8. The summed E-state index contributed by atoms with van der Waals surface area (Å²) in [6.45, 7) is 10.0. The minimum absolute atomic E-state index is 0.130. The molecule has 0 spiro atoms. The summed E-state index contributed by atoms with van der Waals surface area (Å²) in [5.41, 5.74) is -0.557. The molecule has 1 amide bonds. The second-order valence-corrected chi connectivity index (χ2v) is 12.6. The molecule has 3 aromatic carbocycles. The Labute approximate surface area is 187 Å². The molecule has 0 aromatic heterocycles. The van der Waals surface area contributed by atoms with Crippen molar-refractivity contribution in [3.63, 3.8) is 0 Å². The van der Waals surface area contributed by atoms with Crippen LogP contribution in [0, 0.1) is 5.92 Å². The van der Waals surface area contributed by atoms with E-state index in [4.69, 9.17) is 4.74 Å². The van der Waals surface area contributed by atoms with Crippen molar-refractivity contribution >= 4 is 29.3 Å². The molecule has 162 valence electrons. The van der Waals surface area contributed by atoms with Crippen LogP contribution in [0.2, 0.25) is 0 Å². The number of carbonyl (C=O) groups is 1. The highest BCUT2D eigenvalue weighted by Gasteiger charge is 2.54. The van der Waals surface area contributed by atoms with Gasteiger partial charge in [-0.2, -0.15) is 0 Å². The molecule has 0 fully saturated rings. The molecule has 4 heteroatoms. The molecule has 3 rings (SSSR count). The number of ether oxygens (including phenoxy) is 1. The number of carbonyl (C=O) groups excluding carboxylic acids is 1. The molecule has 0 aliphatic heterocycles. The Bertz CT molecular complexity index is 870. The van der Waals surface area contributed by atoms with Crippen molar-refractivity contribution in [1.82, 2.24) is 5.32 Å². The summed E-state index contributed by atoms with van der Waals surface area (Å²) in [6, 6.07) is 31.8. The maximum absolute atomic E-state index is 13.0. The molecule has 0 saturated carbocycles. The van der Waals surface area contributed by atoms with Crippen LogP contribution in [0.1, 0.15) is 34.6 Å². The lowest BCUT2D eigenvalue weighted by atomic mass is 10.2. The smallest absolute Gasteiger partial charge is 0.410 e. The lowest BCUT2D eigenvalue weighted by Gasteiger charge is -2.37. The zero-order valence-corrected chi connectivity index (χ0v) is 20.0. The molecular weight excluding hydrogens is 401 g/mol. The molecule has 0 radical (unpaired) electrons. The first-order chi connectivity index (χ1) is 14.7. The maximum Gasteiger partial charge on any atom is 0.410 e. The molecule has 0 aliphatic rings. The third kappa shape index (κ3) is 5.17. The van der Waals surface area contributed by atoms with E-state index in [2.05, 4.69) is 92.0 Å². The van der Waals surface area contributed by atoms with Gasteiger partial charge in [0.05, 0.1) is 0 Å². The Morgan fingerprint density at radius 1 is 0.742 bits per heavy atom. The van der Waals surface area contributed by atoms with Gasteiger partial charge in [-0.25, -0.2) is 4.79 Å². The largest absolute Gasteiger partial charge is 0.444 e. The van der Waals surface area contributed by atoms with Crippen molar-refractivity contribution in [1.29, 1.82) is 0 Å². The van der Waals surface area contributed by atoms with E-state index in [1.54, 1.807) is 0 Å². The molecule has 1 N–H and O–H groups in total. The Kier molecular flexibility index (Phi) is 7.18. The molecule has 0 unspecified atom stereocenters. The van der Waals surface area contributed by atoms with Gasteiger partial charge in [-0.15, -0.1) is 0 Å². The first kappa shape index (κ1) is 23.0. The highest BCUT2D eigenvalue weighted by atomic mass is 31.2. The van der Waals surface area contributed by atoms with E-state index in [0.717, 1.165) is 0 Å². The van der Waals surface area contributed by atoms with E-state index in [1.165, 1.54) is 15.9 Å². The van der Waals surface area contributed by atoms with Crippen molar-refractivity contribution < 1.29 is 9.53 Å². The van der Waals surface area contributed by atoms with Gasteiger partial charge in [0.1, 0.15) is 28.8 Å². The highest BCUT2D eigenvalue weighted by molar-refractivity contribution is 7.96. The van der Waals surface area contributed by atoms with Gasteiger partial charge in [-0.3, -0.25) is 5.32 Å². The Balaban J connectivity index is 2.28. The summed E-state index contributed by atoms with van der Waals surface area (Å²) < 4.78 is 5.69. The van der Waals surface area contributed by atoms with Crippen LogP contribution in [0.5, 0.6) is 0 Å². The van der Waals surface area contributed by atoms with Gasteiger partial charge in [0.15, 0.2) is 5.78 Å². The van der Waals surface area contributed by atoms with Crippen LogP contribution in [-0.2, 0) is 4.74 Å². The maximum atomic E-state index is 13.0. The predicted molar refractivity (Wildman–Crippen MR) is 133 cm³/mol. The van der Waals surface area contributed by atoms with E-state index in [-0.39, 0.29) is 17.8 Å². The number of amides is 1. The highest BCUT2D eigenvalue weighted by Crippen LogP contribution is 2.60. The first-order valence-corrected chi connectivity index (χ1v) is 12.7. The van der Waals surface area contributed by atoms with Gasteiger partial charge in [-0.05, 0) is 57.2 Å². The van der Waals surface area contributed by atoms with Gasteiger partial charge in [-0.1, -0.05) is 68.4 Å². The molecule has 0 aliphatic carbocycles. The fourth-order valence-corrected chi connectivity index (χ4v) is 9.04. The Morgan fingerprint density at radius 2 is 1.10 bits per heavy atom. The Morgan fingerprint density at radius 3 is 1.39 bits per heavy atom. The topological polar surface area (TPSA) is 38.3 Å². The fraction of sp³-hybridized carbons (Fsp3) is 0.296. The van der Waals surface area contributed by atoms with Crippen LogP contribution < -0.4 is 21.2 Å². The zero-order chi connectivity index (χ0) is 22.5. The van der Waals surface area contributed by atoms with Crippen molar-refractivity contribution in [3.8, 4) is 0 Å². The number of rotatable bonds is 6. The van der Waals surface area contributed by atoms with E-state index in [0.29, 0.717) is 0 Å². The van der Waals surface area contributed by atoms with E-state index in [1.807, 2.05) is 39.0 Å². The molecule has 0 bridgehead atoms. The summed E-state index contributed by atoms with van der Waals surface area (Å²) in [6.07, 6.45) is -0.377. The molecule has 0 saturated heterocycles. The van der Waals surface area contributed by atoms with Crippen molar-refractivity contribution in [2.24, 2.45) is 5.92 Å². The number of hydrogen-bond acceptors (Lipinski definition) is 2. The van der Waals surface area contributed by atoms with Gasteiger partial charge in [0, 0.05) is 5.92 Å². The SMILES string of the molecule is CC(C)[C@@H](NC(=O)OC(C)(C)C)[P+](c1ccccc1)(c1ccccc1)c1ccccc1.